The molecular weight excluding hydrogens is 265 g/mol. The summed E-state index contributed by atoms with van der Waals surface area (Å²) >= 11 is 5.51. The molecule has 92 valence electrons. The summed E-state index contributed by atoms with van der Waals surface area (Å²) in [5.41, 5.74) is -0.257. The number of aromatic nitrogens is 2. The van der Waals surface area contributed by atoms with Gasteiger partial charge in [0, 0.05) is 12.1 Å². The predicted octanol–water partition coefficient (Wildman–Crippen LogP) is 2.97. The van der Waals surface area contributed by atoms with E-state index in [4.69, 9.17) is 16.3 Å². The molecular formula is C10H5ClFN3O3. The van der Waals surface area contributed by atoms with Crippen LogP contribution in [0.5, 0.6) is 11.6 Å². The number of nitrogens with zero attached hydrogens (tertiary/aromatic N) is 3. The maximum atomic E-state index is 12.9. The number of ether oxygens (including phenoxy) is 1. The highest BCUT2D eigenvalue weighted by molar-refractivity contribution is 6.29. The van der Waals surface area contributed by atoms with E-state index < -0.39 is 11.0 Å². The summed E-state index contributed by atoms with van der Waals surface area (Å²) in [7, 11) is 0. The third-order valence-electron chi connectivity index (χ3n) is 1.92. The molecule has 0 bridgehead atoms. The highest BCUT2D eigenvalue weighted by Crippen LogP contribution is 2.30. The molecule has 0 aliphatic heterocycles. The molecule has 0 atom stereocenters. The molecule has 8 heteroatoms. The Bertz CT molecular complexity index is 588. The Hall–Kier alpha value is -2.28. The summed E-state index contributed by atoms with van der Waals surface area (Å²) in [5, 5.41) is 10.6. The van der Waals surface area contributed by atoms with Crippen LogP contribution in [0.25, 0.3) is 0 Å². The van der Waals surface area contributed by atoms with Crippen molar-refractivity contribution in [3.63, 3.8) is 0 Å². The van der Waals surface area contributed by atoms with Crippen molar-refractivity contribution in [2.75, 3.05) is 0 Å². The molecule has 6 nitrogen and oxygen atoms in total. The van der Waals surface area contributed by atoms with E-state index in [1.54, 1.807) is 6.07 Å². The molecule has 0 spiro atoms. The van der Waals surface area contributed by atoms with Crippen LogP contribution < -0.4 is 4.74 Å². The Morgan fingerprint density at radius 3 is 2.72 bits per heavy atom. The van der Waals surface area contributed by atoms with E-state index in [2.05, 4.69) is 9.97 Å². The van der Waals surface area contributed by atoms with Crippen LogP contribution in [0.1, 0.15) is 0 Å². The van der Waals surface area contributed by atoms with Crippen LogP contribution in [0.15, 0.2) is 30.3 Å². The van der Waals surface area contributed by atoms with Gasteiger partial charge in [0.2, 0.25) is 11.6 Å². The molecule has 0 unspecified atom stereocenters. The standard InChI is InChI=1S/C10H5ClFN3O3/c11-8-5-9(14-10(12)13-8)18-7-4-2-1-3-6(7)15(16)17/h1-5H. The van der Waals surface area contributed by atoms with E-state index in [1.165, 1.54) is 18.2 Å². The zero-order valence-corrected chi connectivity index (χ0v) is 9.46. The molecule has 1 aromatic heterocycles. The maximum Gasteiger partial charge on any atom is 0.313 e. The van der Waals surface area contributed by atoms with E-state index in [0.717, 1.165) is 6.07 Å². The number of benzene rings is 1. The zero-order valence-electron chi connectivity index (χ0n) is 8.71. The number of halogens is 2. The molecule has 2 rings (SSSR count). The second kappa shape index (κ2) is 4.92. The van der Waals surface area contributed by atoms with Crippen molar-refractivity contribution < 1.29 is 14.1 Å². The Morgan fingerprint density at radius 2 is 2.06 bits per heavy atom. The number of hydrogen-bond donors (Lipinski definition) is 0. The molecule has 0 radical (unpaired) electrons. The van der Waals surface area contributed by atoms with E-state index in [9.17, 15) is 14.5 Å². The fraction of sp³-hybridized carbons (Fsp3) is 0. The third-order valence-corrected chi connectivity index (χ3v) is 2.11. The molecule has 0 N–H and O–H groups in total. The minimum absolute atomic E-state index is 0.0586. The average Bonchev–Trinajstić information content (AvgIpc) is 2.27. The first-order chi connectivity index (χ1) is 8.56. The summed E-state index contributed by atoms with van der Waals surface area (Å²) < 4.78 is 18.0. The molecule has 2 aromatic rings. The van der Waals surface area contributed by atoms with Gasteiger partial charge in [-0.2, -0.15) is 14.4 Å². The van der Waals surface area contributed by atoms with Crippen LogP contribution in [0.4, 0.5) is 10.1 Å². The quantitative estimate of drug-likeness (QED) is 0.370. The van der Waals surface area contributed by atoms with Crippen molar-refractivity contribution in [2.24, 2.45) is 0 Å². The van der Waals surface area contributed by atoms with Crippen molar-refractivity contribution in [1.82, 2.24) is 9.97 Å². The largest absolute Gasteiger partial charge is 0.432 e. The molecule has 0 fully saturated rings. The van der Waals surface area contributed by atoms with Gasteiger partial charge in [0.05, 0.1) is 4.92 Å². The SMILES string of the molecule is O=[N+]([O-])c1ccccc1Oc1cc(Cl)nc(F)n1. The van der Waals surface area contributed by atoms with Crippen LogP contribution in [0.2, 0.25) is 5.15 Å². The molecule has 0 saturated carbocycles. The van der Waals surface area contributed by atoms with Crippen molar-refractivity contribution in [2.45, 2.75) is 0 Å². The van der Waals surface area contributed by atoms with Crippen LogP contribution in [0, 0.1) is 16.2 Å². The fourth-order valence-corrected chi connectivity index (χ4v) is 1.39. The van der Waals surface area contributed by atoms with Crippen molar-refractivity contribution >= 4 is 17.3 Å². The van der Waals surface area contributed by atoms with Crippen LogP contribution in [-0.4, -0.2) is 14.9 Å². The van der Waals surface area contributed by atoms with Gasteiger partial charge in [-0.05, 0) is 6.07 Å². The van der Waals surface area contributed by atoms with Gasteiger partial charge in [-0.25, -0.2) is 0 Å². The zero-order chi connectivity index (χ0) is 13.1. The van der Waals surface area contributed by atoms with E-state index in [0.29, 0.717) is 0 Å². The van der Waals surface area contributed by atoms with Gasteiger partial charge in [0.15, 0.2) is 0 Å². The van der Waals surface area contributed by atoms with Crippen LogP contribution >= 0.6 is 11.6 Å². The number of nitro benzene ring substituents is 1. The predicted molar refractivity (Wildman–Crippen MR) is 60.2 cm³/mol. The number of hydrogen-bond acceptors (Lipinski definition) is 5. The first kappa shape index (κ1) is 12.2. The molecule has 0 aliphatic rings. The lowest BCUT2D eigenvalue weighted by Gasteiger charge is -2.04. The molecule has 0 aliphatic carbocycles. The smallest absolute Gasteiger partial charge is 0.313 e. The number of rotatable bonds is 3. The van der Waals surface area contributed by atoms with Gasteiger partial charge >= 0.3 is 11.8 Å². The molecule has 0 amide bonds. The van der Waals surface area contributed by atoms with Crippen LogP contribution in [0.3, 0.4) is 0 Å². The minimum atomic E-state index is -1.07. The highest BCUT2D eigenvalue weighted by Gasteiger charge is 2.15. The van der Waals surface area contributed by atoms with Crippen molar-refractivity contribution in [3.8, 4) is 11.6 Å². The summed E-state index contributed by atoms with van der Waals surface area (Å²) in [6.45, 7) is 0. The van der Waals surface area contributed by atoms with Gasteiger partial charge in [0.1, 0.15) is 5.15 Å². The summed E-state index contributed by atoms with van der Waals surface area (Å²) in [4.78, 5) is 16.7. The molecule has 18 heavy (non-hydrogen) atoms. The lowest BCUT2D eigenvalue weighted by Crippen LogP contribution is -1.97. The Balaban J connectivity index is 2.37. The van der Waals surface area contributed by atoms with Crippen LogP contribution in [-0.2, 0) is 0 Å². The van der Waals surface area contributed by atoms with E-state index in [-0.39, 0.29) is 22.5 Å². The normalized spacial score (nSPS) is 10.1. The van der Waals surface area contributed by atoms with Gasteiger partial charge in [0.25, 0.3) is 0 Å². The first-order valence-corrected chi connectivity index (χ1v) is 5.05. The van der Waals surface area contributed by atoms with Crippen molar-refractivity contribution in [1.29, 1.82) is 0 Å². The van der Waals surface area contributed by atoms with Crippen molar-refractivity contribution in [3.05, 3.63) is 51.7 Å². The highest BCUT2D eigenvalue weighted by atomic mass is 35.5. The third kappa shape index (κ3) is 2.69. The average molecular weight is 270 g/mol. The van der Waals surface area contributed by atoms with Gasteiger partial charge in [-0.3, -0.25) is 10.1 Å². The summed E-state index contributed by atoms with van der Waals surface area (Å²) in [6, 6.07) is 6.81. The Labute approximate surface area is 105 Å². The lowest BCUT2D eigenvalue weighted by molar-refractivity contribution is -0.385. The van der Waals surface area contributed by atoms with E-state index >= 15 is 0 Å². The van der Waals surface area contributed by atoms with Gasteiger partial charge in [-0.1, -0.05) is 23.7 Å². The lowest BCUT2D eigenvalue weighted by atomic mass is 10.3. The summed E-state index contributed by atoms with van der Waals surface area (Å²) in [6.07, 6.45) is -1.07. The second-order valence-electron chi connectivity index (χ2n) is 3.12. The molecule has 0 saturated heterocycles. The minimum Gasteiger partial charge on any atom is -0.432 e. The van der Waals surface area contributed by atoms with Gasteiger partial charge < -0.3 is 4.74 Å². The number of nitro groups is 1. The second-order valence-corrected chi connectivity index (χ2v) is 3.51. The Kier molecular flexibility index (Phi) is 3.33. The fourth-order valence-electron chi connectivity index (χ4n) is 1.23. The molecule has 1 aromatic carbocycles. The van der Waals surface area contributed by atoms with Gasteiger partial charge in [-0.15, -0.1) is 0 Å². The van der Waals surface area contributed by atoms with E-state index in [1.807, 2.05) is 0 Å². The Morgan fingerprint density at radius 1 is 1.33 bits per heavy atom. The monoisotopic (exact) mass is 269 g/mol. The topological polar surface area (TPSA) is 78.2 Å². The number of para-hydroxylation sites is 2. The maximum absolute atomic E-state index is 12.9. The summed E-state index contributed by atoms with van der Waals surface area (Å²) in [5.74, 6) is -0.265. The molecule has 1 heterocycles. The first-order valence-electron chi connectivity index (χ1n) is 4.67.